The van der Waals surface area contributed by atoms with Gasteiger partial charge in [0.2, 0.25) is 0 Å². The van der Waals surface area contributed by atoms with Crippen molar-refractivity contribution < 1.29 is 18.0 Å². The van der Waals surface area contributed by atoms with Gasteiger partial charge >= 0.3 is 6.18 Å². The molecule has 0 aliphatic carbocycles. The Morgan fingerprint density at radius 1 is 1.33 bits per heavy atom. The maximum absolute atomic E-state index is 12.7. The quantitative estimate of drug-likeness (QED) is 0.689. The van der Waals surface area contributed by atoms with E-state index < -0.39 is 23.3 Å². The number of nitrogens with zero attached hydrogens (tertiary/aromatic N) is 3. The smallest absolute Gasteiger partial charge is 0.364 e. The van der Waals surface area contributed by atoms with Crippen molar-refractivity contribution in [1.29, 1.82) is 0 Å². The summed E-state index contributed by atoms with van der Waals surface area (Å²) in [6.45, 7) is 0. The van der Waals surface area contributed by atoms with E-state index >= 15 is 0 Å². The summed E-state index contributed by atoms with van der Waals surface area (Å²) in [4.78, 5) is 28.7. The van der Waals surface area contributed by atoms with E-state index in [2.05, 4.69) is 15.1 Å². The summed E-state index contributed by atoms with van der Waals surface area (Å²) in [6.07, 6.45) is -4.66. The number of hydrogen-bond acceptors (Lipinski definition) is 4. The number of primary amides is 1. The van der Waals surface area contributed by atoms with Gasteiger partial charge in [-0.25, -0.2) is 4.98 Å². The van der Waals surface area contributed by atoms with Crippen molar-refractivity contribution in [3.63, 3.8) is 0 Å². The lowest BCUT2D eigenvalue weighted by Crippen LogP contribution is -2.15. The fourth-order valence-corrected chi connectivity index (χ4v) is 1.88. The Kier molecular flexibility index (Phi) is 2.52. The number of aromatic nitrogens is 4. The fraction of sp³-hybridized carbons (Fsp3) is 0.0909. The van der Waals surface area contributed by atoms with Crippen molar-refractivity contribution in [3.05, 3.63) is 39.9 Å². The minimum Gasteiger partial charge on any atom is -0.364 e. The van der Waals surface area contributed by atoms with Crippen LogP contribution in [0.1, 0.15) is 16.2 Å². The summed E-state index contributed by atoms with van der Waals surface area (Å²) in [5, 5.41) is 3.66. The van der Waals surface area contributed by atoms with Gasteiger partial charge in [-0.15, -0.1) is 0 Å². The number of carbonyl (C=O) groups excluding carboxylic acids is 1. The number of fused-ring (bicyclic) bond motifs is 3. The van der Waals surface area contributed by atoms with Crippen molar-refractivity contribution in [2.24, 2.45) is 5.73 Å². The van der Waals surface area contributed by atoms with Crippen LogP contribution >= 0.6 is 0 Å². The second-order valence-electron chi connectivity index (χ2n) is 4.21. The van der Waals surface area contributed by atoms with E-state index in [-0.39, 0.29) is 22.4 Å². The summed E-state index contributed by atoms with van der Waals surface area (Å²) in [7, 11) is 0. The number of nitrogens with one attached hydrogen (secondary N) is 1. The minimum absolute atomic E-state index is 0.0214. The van der Waals surface area contributed by atoms with Gasteiger partial charge in [0.15, 0.2) is 11.3 Å². The van der Waals surface area contributed by atoms with Crippen LogP contribution in [0.2, 0.25) is 0 Å². The number of pyridine rings is 1. The standard InChI is InChI=1S/C11H6F3N5O2/c12-11(13,14)6-2-1-4-9(16-6)19-7(17-10(4)21)3-5(18-19)8(15)20/h1-3H,(H2,15,20)(H,17,21). The SMILES string of the molecule is NC(=O)c1cc2[nH]c(=O)c3ccc(C(F)(F)F)nc3n2n1. The van der Waals surface area contributed by atoms with E-state index in [1.807, 2.05) is 0 Å². The number of halogens is 3. The van der Waals surface area contributed by atoms with Crippen molar-refractivity contribution in [2.75, 3.05) is 0 Å². The topological polar surface area (TPSA) is 106 Å². The maximum Gasteiger partial charge on any atom is 0.433 e. The first-order valence-corrected chi connectivity index (χ1v) is 5.57. The van der Waals surface area contributed by atoms with Crippen molar-refractivity contribution in [2.45, 2.75) is 6.18 Å². The molecule has 0 aromatic carbocycles. The Hall–Kier alpha value is -2.91. The number of hydrogen-bond donors (Lipinski definition) is 2. The van der Waals surface area contributed by atoms with Crippen molar-refractivity contribution in [3.8, 4) is 0 Å². The molecule has 0 unspecified atom stereocenters. The van der Waals surface area contributed by atoms with Gasteiger partial charge in [-0.2, -0.15) is 22.8 Å². The van der Waals surface area contributed by atoms with Gasteiger partial charge in [-0.3, -0.25) is 9.59 Å². The van der Waals surface area contributed by atoms with E-state index in [1.165, 1.54) is 0 Å². The molecule has 3 rings (SSSR count). The Labute approximate surface area is 113 Å². The molecular formula is C11H6F3N5O2. The zero-order chi connectivity index (χ0) is 15.4. The molecular weight excluding hydrogens is 291 g/mol. The average molecular weight is 297 g/mol. The number of nitrogens with two attached hydrogens (primary N) is 1. The largest absolute Gasteiger partial charge is 0.433 e. The molecule has 0 spiro atoms. The Morgan fingerprint density at radius 3 is 2.67 bits per heavy atom. The molecule has 10 heteroatoms. The van der Waals surface area contributed by atoms with Crippen molar-refractivity contribution >= 4 is 22.6 Å². The average Bonchev–Trinajstić information content (AvgIpc) is 2.81. The lowest BCUT2D eigenvalue weighted by Gasteiger charge is -2.07. The van der Waals surface area contributed by atoms with E-state index in [1.54, 1.807) is 0 Å². The molecule has 21 heavy (non-hydrogen) atoms. The lowest BCUT2D eigenvalue weighted by molar-refractivity contribution is -0.141. The molecule has 0 saturated carbocycles. The van der Waals surface area contributed by atoms with Crippen molar-refractivity contribution in [1.82, 2.24) is 19.6 Å². The highest BCUT2D eigenvalue weighted by molar-refractivity contribution is 5.92. The predicted molar refractivity (Wildman–Crippen MR) is 64.6 cm³/mol. The highest BCUT2D eigenvalue weighted by atomic mass is 19.4. The monoisotopic (exact) mass is 297 g/mol. The third kappa shape index (κ3) is 2.00. The molecule has 3 N–H and O–H groups in total. The van der Waals surface area contributed by atoms with Gasteiger partial charge in [-0.1, -0.05) is 0 Å². The lowest BCUT2D eigenvalue weighted by atomic mass is 10.3. The van der Waals surface area contributed by atoms with Gasteiger partial charge in [0, 0.05) is 6.07 Å². The molecule has 3 aromatic heterocycles. The number of H-pyrrole nitrogens is 1. The van der Waals surface area contributed by atoms with Crippen LogP contribution in [0, 0.1) is 0 Å². The number of amides is 1. The van der Waals surface area contributed by atoms with Crippen LogP contribution in [0.25, 0.3) is 16.7 Å². The number of aromatic amines is 1. The highest BCUT2D eigenvalue weighted by Gasteiger charge is 2.33. The maximum atomic E-state index is 12.7. The molecule has 108 valence electrons. The van der Waals surface area contributed by atoms with Gasteiger partial charge in [0.25, 0.3) is 11.5 Å². The van der Waals surface area contributed by atoms with E-state index in [0.29, 0.717) is 6.07 Å². The van der Waals surface area contributed by atoms with E-state index in [9.17, 15) is 22.8 Å². The molecule has 0 saturated heterocycles. The van der Waals surface area contributed by atoms with E-state index in [4.69, 9.17) is 5.73 Å². The number of rotatable bonds is 1. The van der Waals surface area contributed by atoms with Crippen LogP contribution in [0.15, 0.2) is 23.0 Å². The summed E-state index contributed by atoms with van der Waals surface area (Å²) in [5.41, 5.74) is 2.75. The molecule has 7 nitrogen and oxygen atoms in total. The summed E-state index contributed by atoms with van der Waals surface area (Å²) in [6, 6.07) is 2.85. The predicted octanol–water partition coefficient (Wildman–Crippen LogP) is 0.689. The van der Waals surface area contributed by atoms with E-state index in [0.717, 1.165) is 16.6 Å². The Morgan fingerprint density at radius 2 is 2.05 bits per heavy atom. The summed E-state index contributed by atoms with van der Waals surface area (Å²) >= 11 is 0. The molecule has 3 aromatic rings. The summed E-state index contributed by atoms with van der Waals surface area (Å²) < 4.78 is 39.0. The molecule has 0 aliphatic rings. The van der Waals surface area contributed by atoms with Gasteiger partial charge in [0.05, 0.1) is 5.39 Å². The molecule has 3 heterocycles. The number of carbonyl (C=O) groups is 1. The van der Waals surface area contributed by atoms with Crippen LogP contribution < -0.4 is 11.3 Å². The Balaban J connectivity index is 2.44. The van der Waals surface area contributed by atoms with Gasteiger partial charge < -0.3 is 10.7 Å². The zero-order valence-corrected chi connectivity index (χ0v) is 10.1. The summed E-state index contributed by atoms with van der Waals surface area (Å²) in [5.74, 6) is -0.875. The molecule has 0 atom stereocenters. The normalized spacial score (nSPS) is 12.1. The van der Waals surface area contributed by atoms with Gasteiger partial charge in [0.1, 0.15) is 11.3 Å². The first-order valence-electron chi connectivity index (χ1n) is 5.57. The van der Waals surface area contributed by atoms with Crippen LogP contribution in [0.4, 0.5) is 13.2 Å². The van der Waals surface area contributed by atoms with Gasteiger partial charge in [-0.05, 0) is 12.1 Å². The third-order valence-corrected chi connectivity index (χ3v) is 2.81. The first-order chi connectivity index (χ1) is 9.77. The second kappa shape index (κ2) is 4.04. The molecule has 0 fully saturated rings. The Bertz CT molecular complexity index is 941. The molecule has 0 bridgehead atoms. The van der Waals surface area contributed by atoms with Crippen LogP contribution in [-0.4, -0.2) is 25.5 Å². The molecule has 0 radical (unpaired) electrons. The minimum atomic E-state index is -4.66. The zero-order valence-electron chi connectivity index (χ0n) is 10.1. The van der Waals surface area contributed by atoms with Crippen LogP contribution in [0.3, 0.4) is 0 Å². The second-order valence-corrected chi connectivity index (χ2v) is 4.21. The first kappa shape index (κ1) is 13.1. The fourth-order valence-electron chi connectivity index (χ4n) is 1.88. The number of alkyl halides is 3. The van der Waals surface area contributed by atoms with Crippen LogP contribution in [-0.2, 0) is 6.18 Å². The highest BCUT2D eigenvalue weighted by Crippen LogP contribution is 2.28. The molecule has 1 amide bonds. The molecule has 0 aliphatic heterocycles. The third-order valence-electron chi connectivity index (χ3n) is 2.81. The van der Waals surface area contributed by atoms with Crippen LogP contribution in [0.5, 0.6) is 0 Å².